The van der Waals surface area contributed by atoms with Crippen molar-refractivity contribution in [3.8, 4) is 0 Å². The molecular weight excluding hydrogens is 376 g/mol. The minimum atomic E-state index is -0.222. The molecule has 0 unspecified atom stereocenters. The van der Waals surface area contributed by atoms with Gasteiger partial charge in [0.1, 0.15) is 5.03 Å². The van der Waals surface area contributed by atoms with Crippen LogP contribution in [0.25, 0.3) is 0 Å². The fraction of sp³-hybridized carbons (Fsp3) is 0.550. The molecule has 1 aromatic rings. The van der Waals surface area contributed by atoms with Gasteiger partial charge in [-0.25, -0.2) is 4.98 Å². The van der Waals surface area contributed by atoms with E-state index in [2.05, 4.69) is 34.2 Å². The van der Waals surface area contributed by atoms with Crippen LogP contribution in [0.5, 0.6) is 0 Å². The maximum absolute atomic E-state index is 12.5. The predicted molar refractivity (Wildman–Crippen MR) is 117 cm³/mol. The average Bonchev–Trinajstić information content (AvgIpc) is 2.70. The van der Waals surface area contributed by atoms with E-state index in [1.165, 1.54) is 44.1 Å². The minimum absolute atomic E-state index is 0.222. The van der Waals surface area contributed by atoms with Crippen molar-refractivity contribution in [3.05, 3.63) is 35.5 Å². The average molecular weight is 407 g/mol. The predicted octanol–water partition coefficient (Wildman–Crippen LogP) is 4.36. The minimum Gasteiger partial charge on any atom is -0.361 e. The Bertz CT molecular complexity index is 649. The standard InChI is InChI=1S/C20H30N4OS2/c1-2-3-7-15-27-19-17(11-8-13-21-19)18(25)23-24-20(26)22-14-12-16-9-5-4-6-10-16/h8-9,11,13H,2-7,10,12,14-15H2,1H3,(H,23,25)(H2,22,24,26). The van der Waals surface area contributed by atoms with Crippen LogP contribution in [0.1, 0.15) is 68.6 Å². The summed E-state index contributed by atoms with van der Waals surface area (Å²) in [5.74, 6) is 0.745. The second kappa shape index (κ2) is 12.7. The molecule has 1 amide bonds. The number of hydrazine groups is 1. The molecule has 1 aromatic heterocycles. The van der Waals surface area contributed by atoms with Crippen LogP contribution in [0.4, 0.5) is 0 Å². The first-order chi connectivity index (χ1) is 13.2. The third-order valence-electron chi connectivity index (χ3n) is 4.41. The Balaban J connectivity index is 1.72. The first-order valence-electron chi connectivity index (χ1n) is 9.80. The number of hydrogen-bond acceptors (Lipinski definition) is 4. The van der Waals surface area contributed by atoms with Crippen molar-refractivity contribution in [1.29, 1.82) is 0 Å². The summed E-state index contributed by atoms with van der Waals surface area (Å²) in [4.78, 5) is 16.8. The number of allylic oxidation sites excluding steroid dienone is 1. The van der Waals surface area contributed by atoms with E-state index in [1.54, 1.807) is 30.1 Å². The highest BCUT2D eigenvalue weighted by atomic mass is 32.2. The van der Waals surface area contributed by atoms with Crippen LogP contribution in [0, 0.1) is 0 Å². The lowest BCUT2D eigenvalue weighted by Gasteiger charge is -2.15. The molecule has 0 fully saturated rings. The molecule has 0 bridgehead atoms. The number of nitrogens with one attached hydrogen (secondary N) is 3. The topological polar surface area (TPSA) is 66.0 Å². The molecule has 1 aliphatic rings. The number of carbonyl (C=O) groups excluding carboxylic acids is 1. The maximum atomic E-state index is 12.5. The summed E-state index contributed by atoms with van der Waals surface area (Å²) in [7, 11) is 0. The van der Waals surface area contributed by atoms with E-state index in [0.29, 0.717) is 10.7 Å². The first kappa shape index (κ1) is 21.7. The van der Waals surface area contributed by atoms with Crippen LogP contribution in [-0.4, -0.2) is 28.3 Å². The van der Waals surface area contributed by atoms with Gasteiger partial charge in [0.05, 0.1) is 5.56 Å². The molecule has 1 aliphatic carbocycles. The molecule has 0 spiro atoms. The van der Waals surface area contributed by atoms with E-state index in [1.807, 2.05) is 0 Å². The number of amides is 1. The Labute approximate surface area is 172 Å². The van der Waals surface area contributed by atoms with Crippen LogP contribution >= 0.6 is 24.0 Å². The number of carbonyl (C=O) groups is 1. The van der Waals surface area contributed by atoms with Gasteiger partial charge in [0.2, 0.25) is 0 Å². The monoisotopic (exact) mass is 406 g/mol. The summed E-state index contributed by atoms with van der Waals surface area (Å²) in [5.41, 5.74) is 7.53. The SMILES string of the molecule is CCCCCSc1ncccc1C(=O)NNC(=S)NCCC1=CCCCC1. The second-order valence-corrected chi connectivity index (χ2v) is 8.10. The van der Waals surface area contributed by atoms with E-state index in [9.17, 15) is 4.79 Å². The molecule has 0 saturated carbocycles. The third kappa shape index (κ3) is 8.30. The Hall–Kier alpha value is -1.60. The van der Waals surface area contributed by atoms with Gasteiger partial charge in [0.15, 0.2) is 5.11 Å². The van der Waals surface area contributed by atoms with Crippen molar-refractivity contribution in [2.24, 2.45) is 0 Å². The number of nitrogens with zero attached hydrogens (tertiary/aromatic N) is 1. The lowest BCUT2D eigenvalue weighted by Crippen LogP contribution is -2.47. The molecular formula is C20H30N4OS2. The molecule has 5 nitrogen and oxygen atoms in total. The highest BCUT2D eigenvalue weighted by Gasteiger charge is 2.12. The van der Waals surface area contributed by atoms with Gasteiger partial charge in [-0.1, -0.05) is 31.4 Å². The lowest BCUT2D eigenvalue weighted by molar-refractivity contribution is 0.0940. The molecule has 27 heavy (non-hydrogen) atoms. The number of thioether (sulfide) groups is 1. The Kier molecular flexibility index (Phi) is 10.2. The Morgan fingerprint density at radius 3 is 2.96 bits per heavy atom. The van der Waals surface area contributed by atoms with Crippen molar-refractivity contribution >= 4 is 35.0 Å². The Morgan fingerprint density at radius 1 is 1.30 bits per heavy atom. The van der Waals surface area contributed by atoms with E-state index in [0.717, 1.165) is 30.2 Å². The van der Waals surface area contributed by atoms with Crippen LogP contribution in [0.15, 0.2) is 35.0 Å². The van der Waals surface area contributed by atoms with Crippen LogP contribution in [-0.2, 0) is 0 Å². The molecule has 3 N–H and O–H groups in total. The van der Waals surface area contributed by atoms with Crippen molar-refractivity contribution in [2.75, 3.05) is 12.3 Å². The molecule has 2 rings (SSSR count). The summed E-state index contributed by atoms with van der Waals surface area (Å²) in [5, 5.41) is 4.34. The summed E-state index contributed by atoms with van der Waals surface area (Å²) < 4.78 is 0. The fourth-order valence-corrected chi connectivity index (χ4v) is 4.04. The molecule has 0 aliphatic heterocycles. The van der Waals surface area contributed by atoms with E-state index >= 15 is 0 Å². The molecule has 1 heterocycles. The summed E-state index contributed by atoms with van der Waals surface area (Å²) >= 11 is 6.87. The van der Waals surface area contributed by atoms with Gasteiger partial charge in [0, 0.05) is 12.7 Å². The van der Waals surface area contributed by atoms with Gasteiger partial charge in [-0.2, -0.15) is 0 Å². The number of pyridine rings is 1. The number of thiocarbonyl (C=S) groups is 1. The molecule has 0 radical (unpaired) electrons. The second-order valence-electron chi connectivity index (χ2n) is 6.60. The van der Waals surface area contributed by atoms with Crippen molar-refractivity contribution in [3.63, 3.8) is 0 Å². The molecule has 0 aromatic carbocycles. The zero-order valence-electron chi connectivity index (χ0n) is 16.1. The number of aromatic nitrogens is 1. The van der Waals surface area contributed by atoms with Crippen LogP contribution in [0.2, 0.25) is 0 Å². The fourth-order valence-electron chi connectivity index (χ4n) is 2.89. The normalized spacial score (nSPS) is 13.6. The number of rotatable bonds is 9. The number of hydrogen-bond donors (Lipinski definition) is 3. The van der Waals surface area contributed by atoms with Crippen molar-refractivity contribution in [2.45, 2.75) is 63.3 Å². The Morgan fingerprint density at radius 2 is 2.19 bits per heavy atom. The zero-order chi connectivity index (χ0) is 19.3. The number of unbranched alkanes of at least 4 members (excludes halogenated alkanes) is 2. The quantitative estimate of drug-likeness (QED) is 0.186. The van der Waals surface area contributed by atoms with Crippen molar-refractivity contribution in [1.82, 2.24) is 21.2 Å². The smallest absolute Gasteiger partial charge is 0.272 e. The third-order valence-corrected chi connectivity index (χ3v) is 5.75. The van der Waals surface area contributed by atoms with Crippen LogP contribution in [0.3, 0.4) is 0 Å². The van der Waals surface area contributed by atoms with Gasteiger partial charge < -0.3 is 5.32 Å². The summed E-state index contributed by atoms with van der Waals surface area (Å²) in [6, 6.07) is 3.57. The molecule has 148 valence electrons. The summed E-state index contributed by atoms with van der Waals surface area (Å²) in [6.07, 6.45) is 13.5. The zero-order valence-corrected chi connectivity index (χ0v) is 17.7. The molecule has 0 atom stereocenters. The van der Waals surface area contributed by atoms with Gasteiger partial charge in [-0.15, -0.1) is 11.8 Å². The largest absolute Gasteiger partial charge is 0.361 e. The van der Waals surface area contributed by atoms with Crippen molar-refractivity contribution < 1.29 is 4.79 Å². The molecule has 7 heteroatoms. The summed E-state index contributed by atoms with van der Waals surface area (Å²) in [6.45, 7) is 2.96. The van der Waals surface area contributed by atoms with E-state index in [4.69, 9.17) is 12.2 Å². The molecule has 0 saturated heterocycles. The van der Waals surface area contributed by atoms with Gasteiger partial charge in [0.25, 0.3) is 5.91 Å². The van der Waals surface area contributed by atoms with E-state index < -0.39 is 0 Å². The maximum Gasteiger partial charge on any atom is 0.272 e. The highest BCUT2D eigenvalue weighted by molar-refractivity contribution is 7.99. The van der Waals surface area contributed by atoms with Crippen LogP contribution < -0.4 is 16.2 Å². The van der Waals surface area contributed by atoms with Gasteiger partial charge in [-0.05, 0) is 68.6 Å². The highest BCUT2D eigenvalue weighted by Crippen LogP contribution is 2.21. The first-order valence-corrected chi connectivity index (χ1v) is 11.2. The lowest BCUT2D eigenvalue weighted by atomic mass is 9.97. The van der Waals surface area contributed by atoms with Gasteiger partial charge >= 0.3 is 0 Å². The van der Waals surface area contributed by atoms with Gasteiger partial charge in [-0.3, -0.25) is 15.6 Å². The van der Waals surface area contributed by atoms with E-state index in [-0.39, 0.29) is 5.91 Å².